The molecule has 0 saturated heterocycles. The molecule has 0 aliphatic carbocycles. The van der Waals surface area contributed by atoms with E-state index in [1.807, 2.05) is 76.9 Å². The lowest BCUT2D eigenvalue weighted by Gasteiger charge is -2.00. The van der Waals surface area contributed by atoms with Crippen LogP contribution in [0.3, 0.4) is 0 Å². The van der Waals surface area contributed by atoms with Crippen molar-refractivity contribution in [3.05, 3.63) is 77.9 Å². The Bertz CT molecular complexity index is 1070. The van der Waals surface area contributed by atoms with Crippen molar-refractivity contribution in [3.8, 4) is 27.5 Å². The molecule has 0 unspecified atom stereocenters. The van der Waals surface area contributed by atoms with Crippen LogP contribution in [0.5, 0.6) is 0 Å². The van der Waals surface area contributed by atoms with E-state index in [9.17, 15) is 4.79 Å². The summed E-state index contributed by atoms with van der Waals surface area (Å²) in [7, 11) is 0. The number of hydrogen-bond donors (Lipinski definition) is 0. The quantitative estimate of drug-likeness (QED) is 0.446. The van der Waals surface area contributed by atoms with Crippen LogP contribution in [0.1, 0.15) is 12.6 Å². The lowest BCUT2D eigenvalue weighted by molar-refractivity contribution is -0.142. The molecular weight excluding hydrogens is 370 g/mol. The number of esters is 1. The summed E-state index contributed by atoms with van der Waals surface area (Å²) >= 11 is 1.51. The second kappa shape index (κ2) is 8.19. The Morgan fingerprint density at radius 3 is 2.50 bits per heavy atom. The van der Waals surface area contributed by atoms with Crippen molar-refractivity contribution in [1.82, 2.24) is 14.8 Å². The zero-order valence-corrected chi connectivity index (χ0v) is 16.2. The van der Waals surface area contributed by atoms with Gasteiger partial charge in [0.25, 0.3) is 0 Å². The van der Waals surface area contributed by atoms with Crippen molar-refractivity contribution in [2.45, 2.75) is 13.3 Å². The summed E-state index contributed by atoms with van der Waals surface area (Å²) in [6.45, 7) is 2.17. The summed E-state index contributed by atoms with van der Waals surface area (Å²) in [6.07, 6.45) is 2.17. The first-order chi connectivity index (χ1) is 13.7. The summed E-state index contributed by atoms with van der Waals surface area (Å²) in [5.74, 6) is -0.261. The van der Waals surface area contributed by atoms with Crippen LogP contribution >= 0.6 is 11.3 Å². The molecule has 6 heteroatoms. The third-order valence-corrected chi connectivity index (χ3v) is 5.12. The Morgan fingerprint density at radius 2 is 1.79 bits per heavy atom. The molecule has 0 N–H and O–H groups in total. The molecule has 0 aliphatic heterocycles. The van der Waals surface area contributed by atoms with E-state index in [1.54, 1.807) is 6.92 Å². The maximum atomic E-state index is 11.8. The number of para-hydroxylation sites is 1. The number of benzene rings is 2. The predicted octanol–water partition coefficient (Wildman–Crippen LogP) is 4.77. The third-order valence-electron chi connectivity index (χ3n) is 4.20. The van der Waals surface area contributed by atoms with Crippen LogP contribution in [0.25, 0.3) is 27.5 Å². The van der Waals surface area contributed by atoms with Gasteiger partial charge in [0.05, 0.1) is 30.0 Å². The lowest BCUT2D eigenvalue weighted by atomic mass is 10.1. The predicted molar refractivity (Wildman–Crippen MR) is 110 cm³/mol. The molecule has 4 rings (SSSR count). The maximum absolute atomic E-state index is 11.8. The fourth-order valence-corrected chi connectivity index (χ4v) is 3.75. The van der Waals surface area contributed by atoms with E-state index in [-0.39, 0.29) is 12.4 Å². The Labute approximate surface area is 167 Å². The van der Waals surface area contributed by atoms with Crippen LogP contribution in [0.4, 0.5) is 0 Å². The minimum atomic E-state index is -0.261. The minimum absolute atomic E-state index is 0.178. The number of ether oxygens (including phenoxy) is 1. The number of rotatable bonds is 6. The van der Waals surface area contributed by atoms with E-state index < -0.39 is 0 Å². The Hall–Kier alpha value is -3.25. The molecule has 0 aliphatic rings. The molecule has 2 heterocycles. The molecule has 28 heavy (non-hydrogen) atoms. The summed E-state index contributed by atoms with van der Waals surface area (Å²) in [5, 5.41) is 7.56. The molecule has 0 amide bonds. The van der Waals surface area contributed by atoms with Crippen LogP contribution in [0, 0.1) is 0 Å². The Kier molecular flexibility index (Phi) is 5.30. The van der Waals surface area contributed by atoms with Gasteiger partial charge in [-0.3, -0.25) is 4.79 Å². The van der Waals surface area contributed by atoms with Crippen molar-refractivity contribution in [2.24, 2.45) is 0 Å². The maximum Gasteiger partial charge on any atom is 0.311 e. The smallest absolute Gasteiger partial charge is 0.311 e. The highest BCUT2D eigenvalue weighted by atomic mass is 32.1. The number of nitrogens with zero attached hydrogens (tertiary/aromatic N) is 3. The number of aromatic nitrogens is 3. The first kappa shape index (κ1) is 18.1. The summed E-state index contributed by atoms with van der Waals surface area (Å²) in [6, 6.07) is 20.0. The molecule has 0 saturated carbocycles. The topological polar surface area (TPSA) is 57.0 Å². The van der Waals surface area contributed by atoms with E-state index in [0.29, 0.717) is 12.3 Å². The van der Waals surface area contributed by atoms with E-state index in [2.05, 4.69) is 4.98 Å². The molecular formula is C22H19N3O2S. The van der Waals surface area contributed by atoms with Gasteiger partial charge in [0.2, 0.25) is 0 Å². The molecule has 0 fully saturated rings. The number of carbonyl (C=O) groups is 1. The largest absolute Gasteiger partial charge is 0.466 e. The first-order valence-corrected chi connectivity index (χ1v) is 9.93. The number of carbonyl (C=O) groups excluding carboxylic acids is 1. The highest BCUT2D eigenvalue weighted by Gasteiger charge is 2.18. The monoisotopic (exact) mass is 389 g/mol. The summed E-state index contributed by atoms with van der Waals surface area (Å²) in [4.78, 5) is 16.4. The van der Waals surface area contributed by atoms with E-state index in [1.165, 1.54) is 11.3 Å². The van der Waals surface area contributed by atoms with Crippen LogP contribution in [-0.2, 0) is 16.0 Å². The highest BCUT2D eigenvalue weighted by Crippen LogP contribution is 2.34. The van der Waals surface area contributed by atoms with Gasteiger partial charge in [-0.2, -0.15) is 5.10 Å². The average molecular weight is 389 g/mol. The standard InChI is InChI=1S/C22H19N3O2S/c1-2-27-20(26)13-17-15-28-22(23-17)19-14-25(18-11-7-4-8-12-18)24-21(19)16-9-5-3-6-10-16/h3-12,14-15H,2,13H2,1H3. The molecule has 0 radical (unpaired) electrons. The zero-order valence-electron chi connectivity index (χ0n) is 15.4. The van der Waals surface area contributed by atoms with Gasteiger partial charge in [0, 0.05) is 17.1 Å². The van der Waals surface area contributed by atoms with Gasteiger partial charge in [-0.15, -0.1) is 11.3 Å². The molecule has 0 bridgehead atoms. The van der Waals surface area contributed by atoms with Gasteiger partial charge in [-0.25, -0.2) is 9.67 Å². The summed E-state index contributed by atoms with van der Waals surface area (Å²) in [5.41, 5.74) is 4.52. The second-order valence-electron chi connectivity index (χ2n) is 6.16. The SMILES string of the molecule is CCOC(=O)Cc1csc(-c2cn(-c3ccccc3)nc2-c2ccccc2)n1. The van der Waals surface area contributed by atoms with Crippen molar-refractivity contribution >= 4 is 17.3 Å². The molecule has 0 atom stereocenters. The average Bonchev–Trinajstić information content (AvgIpc) is 3.36. The van der Waals surface area contributed by atoms with Gasteiger partial charge >= 0.3 is 5.97 Å². The van der Waals surface area contributed by atoms with Gasteiger partial charge in [0.15, 0.2) is 0 Å². The normalized spacial score (nSPS) is 10.8. The fraction of sp³-hybridized carbons (Fsp3) is 0.136. The molecule has 5 nitrogen and oxygen atoms in total. The molecule has 140 valence electrons. The van der Waals surface area contributed by atoms with Crippen LogP contribution in [0.2, 0.25) is 0 Å². The van der Waals surface area contributed by atoms with Crippen molar-refractivity contribution in [3.63, 3.8) is 0 Å². The van der Waals surface area contributed by atoms with Crippen molar-refractivity contribution < 1.29 is 9.53 Å². The fourth-order valence-electron chi connectivity index (χ4n) is 2.92. The lowest BCUT2D eigenvalue weighted by Crippen LogP contribution is -2.07. The third kappa shape index (κ3) is 3.87. The molecule has 4 aromatic rings. The van der Waals surface area contributed by atoms with Crippen LogP contribution in [-0.4, -0.2) is 27.3 Å². The molecule has 2 aromatic heterocycles. The first-order valence-electron chi connectivity index (χ1n) is 9.05. The molecule has 2 aromatic carbocycles. The van der Waals surface area contributed by atoms with Crippen molar-refractivity contribution in [1.29, 1.82) is 0 Å². The van der Waals surface area contributed by atoms with E-state index in [0.717, 1.165) is 27.5 Å². The van der Waals surface area contributed by atoms with Gasteiger partial charge in [0.1, 0.15) is 10.7 Å². The Morgan fingerprint density at radius 1 is 1.07 bits per heavy atom. The van der Waals surface area contributed by atoms with Gasteiger partial charge < -0.3 is 4.74 Å². The van der Waals surface area contributed by atoms with E-state index >= 15 is 0 Å². The van der Waals surface area contributed by atoms with Gasteiger partial charge in [-0.05, 0) is 19.1 Å². The number of hydrogen-bond acceptors (Lipinski definition) is 5. The second-order valence-corrected chi connectivity index (χ2v) is 7.02. The summed E-state index contributed by atoms with van der Waals surface area (Å²) < 4.78 is 6.89. The molecule has 0 spiro atoms. The van der Waals surface area contributed by atoms with Crippen molar-refractivity contribution in [2.75, 3.05) is 6.61 Å². The zero-order chi connectivity index (χ0) is 19.3. The van der Waals surface area contributed by atoms with Crippen LogP contribution in [0.15, 0.2) is 72.2 Å². The minimum Gasteiger partial charge on any atom is -0.466 e. The van der Waals surface area contributed by atoms with Gasteiger partial charge in [-0.1, -0.05) is 48.5 Å². The van der Waals surface area contributed by atoms with Crippen LogP contribution < -0.4 is 0 Å². The number of thiazole rings is 1. The Balaban J connectivity index is 1.74. The highest BCUT2D eigenvalue weighted by molar-refractivity contribution is 7.13. The van der Waals surface area contributed by atoms with E-state index in [4.69, 9.17) is 9.84 Å².